The first-order chi connectivity index (χ1) is 11.0. The Kier molecular flexibility index (Phi) is 3.82. The summed E-state index contributed by atoms with van der Waals surface area (Å²) in [5.74, 6) is -1.09. The van der Waals surface area contributed by atoms with Gasteiger partial charge in [0.15, 0.2) is 5.69 Å². The van der Waals surface area contributed by atoms with Crippen LogP contribution in [-0.4, -0.2) is 32.2 Å². The van der Waals surface area contributed by atoms with E-state index in [0.717, 1.165) is 11.1 Å². The number of carbonyl (C=O) groups excluding carboxylic acids is 1. The summed E-state index contributed by atoms with van der Waals surface area (Å²) >= 11 is 0. The molecule has 3 heterocycles. The number of halogens is 1. The summed E-state index contributed by atoms with van der Waals surface area (Å²) in [5.41, 5.74) is 2.03. The van der Waals surface area contributed by atoms with Crippen LogP contribution in [0, 0.1) is 12.9 Å². The van der Waals surface area contributed by atoms with E-state index in [-0.39, 0.29) is 11.7 Å². The zero-order valence-corrected chi connectivity index (χ0v) is 13.2. The van der Waals surface area contributed by atoms with Gasteiger partial charge >= 0.3 is 0 Å². The summed E-state index contributed by atoms with van der Waals surface area (Å²) in [4.78, 5) is 22.3. The smallest absolute Gasteiger partial charge is 0.277 e. The maximum Gasteiger partial charge on any atom is 0.277 e. The third-order valence-electron chi connectivity index (χ3n) is 4.08. The molecule has 0 aliphatic heterocycles. The van der Waals surface area contributed by atoms with Crippen molar-refractivity contribution in [2.75, 3.05) is 7.05 Å². The maximum atomic E-state index is 14.5. The van der Waals surface area contributed by atoms with Gasteiger partial charge in [-0.2, -0.15) is 4.39 Å². The number of pyridine rings is 2. The molecular formula is C17H17FN4O. The lowest BCUT2D eigenvalue weighted by Gasteiger charge is -2.24. The van der Waals surface area contributed by atoms with Crippen molar-refractivity contribution in [1.82, 2.24) is 19.3 Å². The van der Waals surface area contributed by atoms with Gasteiger partial charge in [-0.3, -0.25) is 14.2 Å². The molecule has 5 nitrogen and oxygen atoms in total. The minimum Gasteiger partial charge on any atom is -0.333 e. The Morgan fingerprint density at radius 3 is 2.65 bits per heavy atom. The lowest BCUT2D eigenvalue weighted by atomic mass is 10.1. The van der Waals surface area contributed by atoms with Gasteiger partial charge in [-0.15, -0.1) is 0 Å². The zero-order chi connectivity index (χ0) is 16.6. The summed E-state index contributed by atoms with van der Waals surface area (Å²) in [6.07, 6.45) is 4.89. The second kappa shape index (κ2) is 5.79. The Bertz CT molecular complexity index is 860. The zero-order valence-electron chi connectivity index (χ0n) is 13.2. The summed E-state index contributed by atoms with van der Waals surface area (Å²) in [6, 6.07) is 7.01. The van der Waals surface area contributed by atoms with Gasteiger partial charge in [-0.25, -0.2) is 4.98 Å². The fourth-order valence-electron chi connectivity index (χ4n) is 2.52. The molecule has 0 unspecified atom stereocenters. The molecule has 3 rings (SSSR count). The minimum absolute atomic E-state index is 0.164. The van der Waals surface area contributed by atoms with Crippen LogP contribution in [-0.2, 0) is 0 Å². The first-order valence-corrected chi connectivity index (χ1v) is 7.31. The van der Waals surface area contributed by atoms with Gasteiger partial charge in [0.25, 0.3) is 5.91 Å². The molecule has 23 heavy (non-hydrogen) atoms. The molecule has 0 fully saturated rings. The Morgan fingerprint density at radius 2 is 2.00 bits per heavy atom. The predicted molar refractivity (Wildman–Crippen MR) is 84.6 cm³/mol. The monoisotopic (exact) mass is 312 g/mol. The Morgan fingerprint density at radius 1 is 1.30 bits per heavy atom. The quantitative estimate of drug-likeness (QED) is 0.747. The highest BCUT2D eigenvalue weighted by Gasteiger charge is 2.26. The van der Waals surface area contributed by atoms with Crippen molar-refractivity contribution in [2.24, 2.45) is 0 Å². The number of fused-ring (bicyclic) bond motifs is 1. The SMILES string of the molecule is Cc1cccn2c(F)c(C(=O)N(C)[C@@H](C)c3ccncc3)nc12. The molecule has 1 amide bonds. The minimum atomic E-state index is -0.637. The molecule has 0 aliphatic carbocycles. The third-order valence-corrected chi connectivity index (χ3v) is 4.08. The van der Waals surface area contributed by atoms with E-state index >= 15 is 0 Å². The summed E-state index contributed by atoms with van der Waals surface area (Å²) in [6.45, 7) is 3.71. The van der Waals surface area contributed by atoms with E-state index in [0.29, 0.717) is 5.65 Å². The lowest BCUT2D eigenvalue weighted by Crippen LogP contribution is -2.30. The molecule has 0 N–H and O–H groups in total. The number of hydrogen-bond donors (Lipinski definition) is 0. The topological polar surface area (TPSA) is 50.5 Å². The Hall–Kier alpha value is -2.76. The average molecular weight is 312 g/mol. The number of rotatable bonds is 3. The van der Waals surface area contributed by atoms with E-state index < -0.39 is 11.9 Å². The van der Waals surface area contributed by atoms with E-state index in [1.54, 1.807) is 31.7 Å². The highest BCUT2D eigenvalue weighted by atomic mass is 19.1. The molecule has 1 atom stereocenters. The molecule has 0 radical (unpaired) electrons. The molecule has 6 heteroatoms. The Labute approximate surface area is 133 Å². The van der Waals surface area contributed by atoms with E-state index in [9.17, 15) is 9.18 Å². The number of imidazole rings is 1. The van der Waals surface area contributed by atoms with Crippen molar-refractivity contribution in [3.63, 3.8) is 0 Å². The van der Waals surface area contributed by atoms with Crippen LogP contribution in [0.5, 0.6) is 0 Å². The number of aromatic nitrogens is 3. The first kappa shape index (κ1) is 15.1. The van der Waals surface area contributed by atoms with Gasteiger partial charge < -0.3 is 4.90 Å². The first-order valence-electron chi connectivity index (χ1n) is 7.31. The molecule has 0 aromatic carbocycles. The highest BCUT2D eigenvalue weighted by molar-refractivity contribution is 5.93. The van der Waals surface area contributed by atoms with E-state index in [2.05, 4.69) is 9.97 Å². The highest BCUT2D eigenvalue weighted by Crippen LogP contribution is 2.22. The number of aryl methyl sites for hydroxylation is 1. The molecular weight excluding hydrogens is 295 g/mol. The van der Waals surface area contributed by atoms with Gasteiger partial charge in [0.05, 0.1) is 6.04 Å². The predicted octanol–water partition coefficient (Wildman–Crippen LogP) is 3.01. The van der Waals surface area contributed by atoms with Crippen molar-refractivity contribution in [3.8, 4) is 0 Å². The maximum absolute atomic E-state index is 14.5. The van der Waals surface area contributed by atoms with Crippen molar-refractivity contribution in [2.45, 2.75) is 19.9 Å². The average Bonchev–Trinajstić information content (AvgIpc) is 2.92. The molecule has 0 saturated heterocycles. The van der Waals surface area contributed by atoms with E-state index in [1.165, 1.54) is 9.30 Å². The molecule has 3 aromatic heterocycles. The van der Waals surface area contributed by atoms with E-state index in [1.807, 2.05) is 32.0 Å². The van der Waals surface area contributed by atoms with Crippen LogP contribution in [0.2, 0.25) is 0 Å². The van der Waals surface area contributed by atoms with Gasteiger partial charge in [0.2, 0.25) is 5.95 Å². The van der Waals surface area contributed by atoms with Crippen LogP contribution >= 0.6 is 0 Å². The van der Waals surface area contributed by atoms with Crippen molar-refractivity contribution < 1.29 is 9.18 Å². The summed E-state index contributed by atoms with van der Waals surface area (Å²) in [5, 5.41) is 0. The molecule has 0 aliphatic rings. The van der Waals surface area contributed by atoms with Gasteiger partial charge in [0, 0.05) is 25.6 Å². The number of carbonyl (C=O) groups is 1. The molecule has 0 saturated carbocycles. The summed E-state index contributed by atoms with van der Waals surface area (Å²) in [7, 11) is 1.64. The second-order valence-electron chi connectivity index (χ2n) is 5.51. The van der Waals surface area contributed by atoms with Gasteiger partial charge in [-0.05, 0) is 43.2 Å². The van der Waals surface area contributed by atoms with Crippen LogP contribution in [0.15, 0.2) is 42.9 Å². The fraction of sp³-hybridized carbons (Fsp3) is 0.235. The molecule has 3 aromatic rings. The van der Waals surface area contributed by atoms with Gasteiger partial charge in [0.1, 0.15) is 5.65 Å². The Balaban J connectivity index is 1.97. The number of nitrogens with zero attached hydrogens (tertiary/aromatic N) is 4. The third kappa shape index (κ3) is 2.56. The fourth-order valence-corrected chi connectivity index (χ4v) is 2.52. The van der Waals surface area contributed by atoms with Crippen LogP contribution in [0.25, 0.3) is 5.65 Å². The summed E-state index contributed by atoms with van der Waals surface area (Å²) < 4.78 is 15.8. The molecule has 118 valence electrons. The van der Waals surface area contributed by atoms with Crippen molar-refractivity contribution >= 4 is 11.6 Å². The second-order valence-corrected chi connectivity index (χ2v) is 5.51. The lowest BCUT2D eigenvalue weighted by molar-refractivity contribution is 0.0732. The number of hydrogen-bond acceptors (Lipinski definition) is 3. The normalized spacial score (nSPS) is 12.3. The number of amides is 1. The largest absolute Gasteiger partial charge is 0.333 e. The van der Waals surface area contributed by atoms with Crippen molar-refractivity contribution in [3.05, 3.63) is 65.6 Å². The van der Waals surface area contributed by atoms with E-state index in [4.69, 9.17) is 0 Å². The van der Waals surface area contributed by atoms with Crippen molar-refractivity contribution in [1.29, 1.82) is 0 Å². The van der Waals surface area contributed by atoms with Crippen LogP contribution in [0.1, 0.15) is 34.6 Å². The van der Waals surface area contributed by atoms with Crippen LogP contribution in [0.4, 0.5) is 4.39 Å². The van der Waals surface area contributed by atoms with Crippen LogP contribution in [0.3, 0.4) is 0 Å². The standard InChI is InChI=1S/C17H17FN4O/c1-11-5-4-10-22-15(18)14(20-16(11)22)17(23)21(3)12(2)13-6-8-19-9-7-13/h4-10,12H,1-3H3/t12-/m0/s1. The molecule has 0 spiro atoms. The van der Waals surface area contributed by atoms with Gasteiger partial charge in [-0.1, -0.05) is 6.07 Å². The van der Waals surface area contributed by atoms with Crippen LogP contribution < -0.4 is 0 Å². The molecule has 0 bridgehead atoms.